The molecule has 0 fully saturated rings. The summed E-state index contributed by atoms with van der Waals surface area (Å²) in [5, 5.41) is 0. The van der Waals surface area contributed by atoms with Crippen molar-refractivity contribution in [3.8, 4) is 0 Å². The molecular weight excluding hydrogens is 208 g/mol. The summed E-state index contributed by atoms with van der Waals surface area (Å²) in [5.41, 5.74) is 10.2. The van der Waals surface area contributed by atoms with E-state index in [1.165, 1.54) is 18.2 Å². The predicted octanol–water partition coefficient (Wildman–Crippen LogP) is 0.0528. The Bertz CT molecular complexity index is 455. The Morgan fingerprint density at radius 2 is 2.00 bits per heavy atom. The van der Waals surface area contributed by atoms with Crippen LogP contribution in [0.1, 0.15) is 0 Å². The molecule has 0 unspecified atom stereocenters. The quantitative estimate of drug-likeness (QED) is 0.535. The van der Waals surface area contributed by atoms with Gasteiger partial charge in [-0.1, -0.05) is 6.07 Å². The zero-order valence-electron chi connectivity index (χ0n) is 7.01. The number of nitrogen functional groups attached to an aromatic ring is 1. The molecule has 14 heavy (non-hydrogen) atoms. The molecule has 0 aliphatic carbocycles. The van der Waals surface area contributed by atoms with Crippen molar-refractivity contribution in [2.75, 3.05) is 5.73 Å². The maximum absolute atomic E-state index is 11.2. The lowest BCUT2D eigenvalue weighted by atomic mass is 10.3. The molecule has 0 heterocycles. The lowest BCUT2D eigenvalue weighted by Gasteiger charge is -2.02. The number of carbonyl (C=O) groups excluding carboxylic acids is 1. The molecule has 1 aromatic carbocycles. The molecule has 0 saturated heterocycles. The molecule has 0 spiro atoms. The first-order valence-corrected chi connectivity index (χ1v) is 4.92. The van der Waals surface area contributed by atoms with Crippen molar-refractivity contribution in [1.82, 2.24) is 0 Å². The molecule has 4 N–H and O–H groups in total. The Morgan fingerprint density at radius 1 is 1.36 bits per heavy atom. The van der Waals surface area contributed by atoms with E-state index in [0.717, 1.165) is 6.07 Å². The average Bonchev–Trinajstić information content (AvgIpc) is 2.01. The van der Waals surface area contributed by atoms with Gasteiger partial charge in [0.15, 0.2) is 0 Å². The second-order valence-corrected chi connectivity index (χ2v) is 3.98. The van der Waals surface area contributed by atoms with Gasteiger partial charge < -0.3 is 15.7 Å². The summed E-state index contributed by atoms with van der Waals surface area (Å²) >= 11 is 0. The van der Waals surface area contributed by atoms with Crippen LogP contribution >= 0.6 is 0 Å². The van der Waals surface area contributed by atoms with E-state index in [1.54, 1.807) is 0 Å². The summed E-state index contributed by atoms with van der Waals surface area (Å²) in [6.07, 6.45) is -1.38. The van der Waals surface area contributed by atoms with Crippen molar-refractivity contribution in [1.29, 1.82) is 0 Å². The number of amides is 1. The SMILES string of the molecule is NC(=O)OS(=O)(=O)c1cccc(N)c1. The number of carbonyl (C=O) groups is 1. The fraction of sp³-hybridized carbons (Fsp3) is 0. The van der Waals surface area contributed by atoms with E-state index in [9.17, 15) is 13.2 Å². The van der Waals surface area contributed by atoms with Gasteiger partial charge in [-0.2, -0.15) is 8.42 Å². The Hall–Kier alpha value is -1.76. The Morgan fingerprint density at radius 3 is 2.50 bits per heavy atom. The van der Waals surface area contributed by atoms with Crippen LogP contribution in [0, 0.1) is 0 Å². The average molecular weight is 216 g/mol. The van der Waals surface area contributed by atoms with Gasteiger partial charge >= 0.3 is 16.2 Å². The monoisotopic (exact) mass is 216 g/mol. The highest BCUT2D eigenvalue weighted by molar-refractivity contribution is 7.87. The Labute approximate surface area is 80.6 Å². The molecule has 0 atom stereocenters. The fourth-order valence-electron chi connectivity index (χ4n) is 0.826. The summed E-state index contributed by atoms with van der Waals surface area (Å²) < 4.78 is 26.4. The van der Waals surface area contributed by atoms with E-state index in [0.29, 0.717) is 0 Å². The van der Waals surface area contributed by atoms with Gasteiger partial charge in [-0.15, -0.1) is 0 Å². The fourth-order valence-corrected chi connectivity index (χ4v) is 1.66. The molecule has 0 saturated carbocycles. The van der Waals surface area contributed by atoms with E-state index in [2.05, 4.69) is 9.92 Å². The van der Waals surface area contributed by atoms with Gasteiger partial charge in [0, 0.05) is 5.69 Å². The smallest absolute Gasteiger partial charge is 0.399 e. The minimum absolute atomic E-state index is 0.212. The largest absolute Gasteiger partial charge is 0.420 e. The highest BCUT2D eigenvalue weighted by atomic mass is 32.2. The first kappa shape index (κ1) is 10.3. The molecule has 0 aliphatic heterocycles. The number of rotatable bonds is 2. The van der Waals surface area contributed by atoms with E-state index in [4.69, 9.17) is 5.73 Å². The van der Waals surface area contributed by atoms with Crippen molar-refractivity contribution in [2.45, 2.75) is 4.90 Å². The van der Waals surface area contributed by atoms with E-state index >= 15 is 0 Å². The lowest BCUT2D eigenvalue weighted by Crippen LogP contribution is -2.18. The number of anilines is 1. The Kier molecular flexibility index (Phi) is 2.61. The minimum Gasteiger partial charge on any atom is -0.399 e. The van der Waals surface area contributed by atoms with Crippen molar-refractivity contribution in [3.63, 3.8) is 0 Å². The van der Waals surface area contributed by atoms with Crippen LogP contribution in [-0.4, -0.2) is 14.5 Å². The number of benzene rings is 1. The van der Waals surface area contributed by atoms with Gasteiger partial charge in [0.25, 0.3) is 0 Å². The molecule has 76 valence electrons. The molecule has 0 aromatic heterocycles. The van der Waals surface area contributed by atoms with Crippen molar-refractivity contribution in [3.05, 3.63) is 24.3 Å². The van der Waals surface area contributed by atoms with Crippen LogP contribution in [0.5, 0.6) is 0 Å². The summed E-state index contributed by atoms with van der Waals surface area (Å²) in [7, 11) is -4.14. The highest BCUT2D eigenvalue weighted by Crippen LogP contribution is 2.14. The van der Waals surface area contributed by atoms with E-state index in [-0.39, 0.29) is 10.6 Å². The molecule has 0 bridgehead atoms. The highest BCUT2D eigenvalue weighted by Gasteiger charge is 2.18. The molecule has 0 radical (unpaired) electrons. The van der Waals surface area contributed by atoms with Crippen LogP contribution < -0.4 is 11.5 Å². The number of primary amides is 1. The standard InChI is InChI=1S/C7H8N2O4S/c8-5-2-1-3-6(4-5)14(11,12)13-7(9)10/h1-4H,8H2,(H2,9,10). The number of nitrogens with two attached hydrogens (primary N) is 2. The normalized spacial score (nSPS) is 10.9. The second kappa shape index (κ2) is 3.54. The van der Waals surface area contributed by atoms with Gasteiger partial charge in [0.1, 0.15) is 4.90 Å². The van der Waals surface area contributed by atoms with Crippen LogP contribution in [0.25, 0.3) is 0 Å². The van der Waals surface area contributed by atoms with E-state index < -0.39 is 16.2 Å². The molecule has 1 rings (SSSR count). The predicted molar refractivity (Wildman–Crippen MR) is 48.7 cm³/mol. The maximum Gasteiger partial charge on any atom is 0.420 e. The molecule has 6 nitrogen and oxygen atoms in total. The maximum atomic E-state index is 11.2. The molecule has 1 amide bonds. The molecule has 7 heteroatoms. The van der Waals surface area contributed by atoms with Gasteiger partial charge in [-0.05, 0) is 18.2 Å². The van der Waals surface area contributed by atoms with Crippen molar-refractivity contribution < 1.29 is 17.4 Å². The van der Waals surface area contributed by atoms with Crippen molar-refractivity contribution >= 4 is 21.9 Å². The zero-order chi connectivity index (χ0) is 10.8. The third-order valence-electron chi connectivity index (χ3n) is 1.34. The van der Waals surface area contributed by atoms with Gasteiger partial charge in [0.2, 0.25) is 0 Å². The van der Waals surface area contributed by atoms with Crippen LogP contribution in [0.2, 0.25) is 0 Å². The molecule has 0 aliphatic rings. The second-order valence-electron chi connectivity index (χ2n) is 2.43. The first-order chi connectivity index (χ1) is 6.42. The van der Waals surface area contributed by atoms with Crippen LogP contribution in [-0.2, 0) is 14.3 Å². The summed E-state index contributed by atoms with van der Waals surface area (Å²) in [5.74, 6) is 0. The summed E-state index contributed by atoms with van der Waals surface area (Å²) in [4.78, 5) is 10.1. The lowest BCUT2D eigenvalue weighted by molar-refractivity contribution is 0.212. The third kappa shape index (κ3) is 2.36. The Balaban J connectivity index is 3.11. The van der Waals surface area contributed by atoms with Gasteiger partial charge in [0.05, 0.1) is 0 Å². The zero-order valence-corrected chi connectivity index (χ0v) is 7.82. The first-order valence-electron chi connectivity index (χ1n) is 3.51. The van der Waals surface area contributed by atoms with Gasteiger partial charge in [-0.25, -0.2) is 4.79 Å². The summed E-state index contributed by atoms with van der Waals surface area (Å²) in [6, 6.07) is 5.34. The van der Waals surface area contributed by atoms with Gasteiger partial charge in [-0.3, -0.25) is 0 Å². The van der Waals surface area contributed by atoms with E-state index in [1.807, 2.05) is 0 Å². The summed E-state index contributed by atoms with van der Waals surface area (Å²) in [6.45, 7) is 0. The van der Waals surface area contributed by atoms with Crippen LogP contribution in [0.4, 0.5) is 10.5 Å². The number of hydrogen-bond donors (Lipinski definition) is 2. The molecule has 1 aromatic rings. The minimum atomic E-state index is -4.14. The topological polar surface area (TPSA) is 112 Å². The van der Waals surface area contributed by atoms with Crippen LogP contribution in [0.15, 0.2) is 29.2 Å². The number of hydrogen-bond acceptors (Lipinski definition) is 5. The van der Waals surface area contributed by atoms with Crippen LogP contribution in [0.3, 0.4) is 0 Å². The van der Waals surface area contributed by atoms with Crippen molar-refractivity contribution in [2.24, 2.45) is 5.73 Å². The third-order valence-corrected chi connectivity index (χ3v) is 2.55. The molecular formula is C7H8N2O4S.